The molecule has 0 aromatic heterocycles. The second kappa shape index (κ2) is 6.17. The normalized spacial score (nSPS) is 10.5. The van der Waals surface area contributed by atoms with Gasteiger partial charge in [0.25, 0.3) is 11.6 Å². The van der Waals surface area contributed by atoms with Crippen molar-refractivity contribution in [2.24, 2.45) is 0 Å². The number of benzene rings is 3. The number of nitro benzene ring substituents is 1. The van der Waals surface area contributed by atoms with Gasteiger partial charge in [-0.15, -0.1) is 0 Å². The minimum absolute atomic E-state index is 0.0513. The summed E-state index contributed by atoms with van der Waals surface area (Å²) >= 11 is 5.75. The zero-order valence-corrected chi connectivity index (χ0v) is 12.9. The van der Waals surface area contributed by atoms with Crippen molar-refractivity contribution in [2.45, 2.75) is 0 Å². The lowest BCUT2D eigenvalue weighted by Crippen LogP contribution is -2.12. The Bertz CT molecular complexity index is 972. The number of carbonyl (C=O) groups excluding carboxylic acids is 1. The number of phenols is 1. The number of rotatable bonds is 3. The number of aromatic hydroxyl groups is 1. The molecule has 0 aliphatic rings. The molecule has 24 heavy (non-hydrogen) atoms. The van der Waals surface area contributed by atoms with Gasteiger partial charge in [-0.05, 0) is 23.6 Å². The first-order chi connectivity index (χ1) is 11.5. The molecular weight excluding hydrogens is 332 g/mol. The van der Waals surface area contributed by atoms with Gasteiger partial charge in [-0.2, -0.15) is 0 Å². The highest BCUT2D eigenvalue weighted by atomic mass is 35.5. The number of fused-ring (bicyclic) bond motifs is 1. The molecule has 2 N–H and O–H groups in total. The highest BCUT2D eigenvalue weighted by Crippen LogP contribution is 2.33. The van der Waals surface area contributed by atoms with Gasteiger partial charge < -0.3 is 10.4 Å². The Hall–Kier alpha value is -3.12. The van der Waals surface area contributed by atoms with Crippen LogP contribution in [-0.4, -0.2) is 15.9 Å². The van der Waals surface area contributed by atoms with E-state index in [0.717, 1.165) is 11.5 Å². The topological polar surface area (TPSA) is 92.5 Å². The standard InChI is InChI=1S/C17H11ClN2O4/c18-13-7-5-11(9-14(13)20(23)24)17(22)19-16-12-4-2-1-3-10(12)6-8-15(16)21/h1-9,21H,(H,19,22). The zero-order chi connectivity index (χ0) is 17.3. The Morgan fingerprint density at radius 3 is 2.62 bits per heavy atom. The number of nitrogens with one attached hydrogen (secondary N) is 1. The second-order valence-electron chi connectivity index (χ2n) is 5.06. The molecule has 0 spiro atoms. The van der Waals surface area contributed by atoms with Crippen LogP contribution in [0.15, 0.2) is 54.6 Å². The number of hydrogen-bond donors (Lipinski definition) is 2. The maximum atomic E-state index is 12.4. The number of nitro groups is 1. The third kappa shape index (κ3) is 2.87. The Morgan fingerprint density at radius 2 is 1.88 bits per heavy atom. The Balaban J connectivity index is 2.00. The molecule has 0 fully saturated rings. The lowest BCUT2D eigenvalue weighted by Gasteiger charge is -2.11. The van der Waals surface area contributed by atoms with Gasteiger partial charge in [-0.1, -0.05) is 41.9 Å². The molecule has 6 nitrogen and oxygen atoms in total. The Labute approximate surface area is 141 Å². The molecule has 0 heterocycles. The Kier molecular flexibility index (Phi) is 4.05. The van der Waals surface area contributed by atoms with Crippen molar-refractivity contribution in [2.75, 3.05) is 5.32 Å². The number of carbonyl (C=O) groups is 1. The van der Waals surface area contributed by atoms with Crippen LogP contribution in [-0.2, 0) is 0 Å². The summed E-state index contributed by atoms with van der Waals surface area (Å²) in [5, 5.41) is 25.0. The van der Waals surface area contributed by atoms with Crippen molar-refractivity contribution in [3.05, 3.63) is 75.3 Å². The first-order valence-corrected chi connectivity index (χ1v) is 7.31. The van der Waals surface area contributed by atoms with Crippen molar-refractivity contribution >= 4 is 39.7 Å². The maximum absolute atomic E-state index is 12.4. The molecule has 0 unspecified atom stereocenters. The fraction of sp³-hybridized carbons (Fsp3) is 0. The van der Waals surface area contributed by atoms with Crippen molar-refractivity contribution < 1.29 is 14.8 Å². The summed E-state index contributed by atoms with van der Waals surface area (Å²) in [5.41, 5.74) is -0.0411. The molecule has 0 radical (unpaired) electrons. The molecule has 7 heteroatoms. The highest BCUT2D eigenvalue weighted by Gasteiger charge is 2.18. The lowest BCUT2D eigenvalue weighted by atomic mass is 10.1. The van der Waals surface area contributed by atoms with Crippen LogP contribution in [0.25, 0.3) is 10.8 Å². The van der Waals surface area contributed by atoms with Crippen molar-refractivity contribution in [3.8, 4) is 5.75 Å². The molecule has 0 saturated heterocycles. The molecule has 1 amide bonds. The summed E-state index contributed by atoms with van der Waals surface area (Å²) in [7, 11) is 0. The molecule has 3 aromatic rings. The van der Waals surface area contributed by atoms with E-state index in [0.29, 0.717) is 5.39 Å². The van der Waals surface area contributed by atoms with Crippen LogP contribution >= 0.6 is 11.6 Å². The van der Waals surface area contributed by atoms with E-state index in [1.54, 1.807) is 18.2 Å². The fourth-order valence-corrected chi connectivity index (χ4v) is 2.56. The number of amides is 1. The second-order valence-corrected chi connectivity index (χ2v) is 5.47. The average Bonchev–Trinajstić information content (AvgIpc) is 2.57. The van der Waals surface area contributed by atoms with E-state index in [2.05, 4.69) is 5.32 Å². The van der Waals surface area contributed by atoms with Gasteiger partial charge in [-0.25, -0.2) is 0 Å². The van der Waals surface area contributed by atoms with Crippen molar-refractivity contribution in [1.82, 2.24) is 0 Å². The van der Waals surface area contributed by atoms with Crippen LogP contribution in [0.3, 0.4) is 0 Å². The van der Waals surface area contributed by atoms with Crippen LogP contribution in [0, 0.1) is 10.1 Å². The lowest BCUT2D eigenvalue weighted by molar-refractivity contribution is -0.384. The van der Waals surface area contributed by atoms with Gasteiger partial charge in [0.05, 0.1) is 10.6 Å². The average molecular weight is 343 g/mol. The van der Waals surface area contributed by atoms with Crippen LogP contribution in [0.2, 0.25) is 5.02 Å². The van der Waals surface area contributed by atoms with E-state index < -0.39 is 10.8 Å². The smallest absolute Gasteiger partial charge is 0.288 e. The van der Waals surface area contributed by atoms with Crippen LogP contribution in [0.1, 0.15) is 10.4 Å². The minimum atomic E-state index is -0.658. The summed E-state index contributed by atoms with van der Waals surface area (Å²) in [6.45, 7) is 0. The number of hydrogen-bond acceptors (Lipinski definition) is 4. The fourth-order valence-electron chi connectivity index (χ4n) is 2.37. The largest absolute Gasteiger partial charge is 0.506 e. The van der Waals surface area contributed by atoms with Crippen LogP contribution in [0.5, 0.6) is 5.75 Å². The van der Waals surface area contributed by atoms with Gasteiger partial charge in [0.1, 0.15) is 10.8 Å². The van der Waals surface area contributed by atoms with Gasteiger partial charge >= 0.3 is 0 Å². The SMILES string of the molecule is O=C(Nc1c(O)ccc2ccccc12)c1ccc(Cl)c([N+](=O)[O-])c1. The monoisotopic (exact) mass is 342 g/mol. The third-order valence-corrected chi connectivity index (χ3v) is 3.87. The van der Waals surface area contributed by atoms with Crippen LogP contribution < -0.4 is 5.32 Å². The molecule has 3 aromatic carbocycles. The minimum Gasteiger partial charge on any atom is -0.506 e. The Morgan fingerprint density at radius 1 is 1.12 bits per heavy atom. The highest BCUT2D eigenvalue weighted by molar-refractivity contribution is 6.32. The van der Waals surface area contributed by atoms with E-state index in [-0.39, 0.29) is 27.7 Å². The molecule has 0 saturated carbocycles. The summed E-state index contributed by atoms with van der Waals surface area (Å²) in [5.74, 6) is -0.674. The van der Waals surface area contributed by atoms with Crippen molar-refractivity contribution in [3.63, 3.8) is 0 Å². The molecule has 0 bridgehead atoms. The number of anilines is 1. The van der Waals surface area contributed by atoms with Gasteiger partial charge in [-0.3, -0.25) is 14.9 Å². The first kappa shape index (κ1) is 15.8. The molecular formula is C17H11ClN2O4. The van der Waals surface area contributed by atoms with Crippen molar-refractivity contribution in [1.29, 1.82) is 0 Å². The number of nitrogens with zero attached hydrogens (tertiary/aromatic N) is 1. The van der Waals surface area contributed by atoms with E-state index >= 15 is 0 Å². The summed E-state index contributed by atoms with van der Waals surface area (Å²) in [6.07, 6.45) is 0. The maximum Gasteiger partial charge on any atom is 0.288 e. The molecule has 0 atom stereocenters. The van der Waals surface area contributed by atoms with Gasteiger partial charge in [0.2, 0.25) is 0 Å². The third-order valence-electron chi connectivity index (χ3n) is 3.55. The van der Waals surface area contributed by atoms with Crippen LogP contribution in [0.4, 0.5) is 11.4 Å². The molecule has 3 rings (SSSR count). The number of halogens is 1. The number of phenolic OH excluding ortho intramolecular Hbond substituents is 1. The van der Waals surface area contributed by atoms with Gasteiger partial charge in [0, 0.05) is 17.0 Å². The summed E-state index contributed by atoms with van der Waals surface area (Å²) in [6, 6.07) is 14.2. The predicted octanol–water partition coefficient (Wildman–Crippen LogP) is 4.36. The predicted molar refractivity (Wildman–Crippen MR) is 91.7 cm³/mol. The van der Waals surface area contributed by atoms with E-state index in [9.17, 15) is 20.0 Å². The molecule has 0 aliphatic heterocycles. The summed E-state index contributed by atoms with van der Waals surface area (Å²) < 4.78 is 0. The quantitative estimate of drug-likeness (QED) is 0.420. The summed E-state index contributed by atoms with van der Waals surface area (Å²) in [4.78, 5) is 22.7. The van der Waals surface area contributed by atoms with E-state index in [1.165, 1.54) is 18.2 Å². The first-order valence-electron chi connectivity index (χ1n) is 6.93. The zero-order valence-electron chi connectivity index (χ0n) is 12.2. The van der Waals surface area contributed by atoms with Gasteiger partial charge in [0.15, 0.2) is 0 Å². The molecule has 120 valence electrons. The van der Waals surface area contributed by atoms with E-state index in [4.69, 9.17) is 11.6 Å². The van der Waals surface area contributed by atoms with E-state index in [1.807, 2.05) is 12.1 Å². The molecule has 0 aliphatic carbocycles.